The average molecular weight is 452 g/mol. The zero-order valence-electron chi connectivity index (χ0n) is 18.8. The smallest absolute Gasteiger partial charge is 0.258 e. The number of benzene rings is 4. The van der Waals surface area contributed by atoms with Gasteiger partial charge in [0, 0.05) is 29.7 Å². The van der Waals surface area contributed by atoms with Crippen LogP contribution in [0.15, 0.2) is 109 Å². The zero-order chi connectivity index (χ0) is 23.8. The molecular weight excluding hydrogens is 426 g/mol. The molecule has 2 N–H and O–H groups in total. The Morgan fingerprint density at radius 1 is 0.735 bits per heavy atom. The molecule has 0 heterocycles. The Balaban J connectivity index is 1.30. The van der Waals surface area contributed by atoms with Crippen molar-refractivity contribution in [2.75, 3.05) is 29.1 Å². The van der Waals surface area contributed by atoms with Gasteiger partial charge in [0.15, 0.2) is 0 Å². The highest BCUT2D eigenvalue weighted by molar-refractivity contribution is 6.06. The molecule has 6 nitrogen and oxygen atoms in total. The molecular formula is C28H25N3O3. The number of para-hydroxylation sites is 2. The fourth-order valence-corrected chi connectivity index (χ4v) is 3.34. The third-order valence-corrected chi connectivity index (χ3v) is 5.13. The van der Waals surface area contributed by atoms with Crippen LogP contribution in [0.2, 0.25) is 0 Å². The van der Waals surface area contributed by atoms with E-state index in [0.29, 0.717) is 22.7 Å². The van der Waals surface area contributed by atoms with Gasteiger partial charge in [-0.3, -0.25) is 9.59 Å². The third kappa shape index (κ3) is 6.01. The number of anilines is 3. The second-order valence-corrected chi connectivity index (χ2v) is 7.62. The van der Waals surface area contributed by atoms with Crippen molar-refractivity contribution in [3.05, 3.63) is 115 Å². The van der Waals surface area contributed by atoms with Crippen molar-refractivity contribution in [2.45, 2.75) is 0 Å². The molecule has 2 amide bonds. The Bertz CT molecular complexity index is 1240. The quantitative estimate of drug-likeness (QED) is 0.355. The van der Waals surface area contributed by atoms with E-state index in [1.807, 2.05) is 66.7 Å². The first-order chi connectivity index (χ1) is 16.6. The molecule has 0 saturated carbocycles. The molecule has 4 rings (SSSR count). The Kier molecular flexibility index (Phi) is 7.20. The number of ether oxygens (including phenoxy) is 1. The third-order valence-electron chi connectivity index (χ3n) is 5.13. The van der Waals surface area contributed by atoms with Gasteiger partial charge in [-0.05, 0) is 66.7 Å². The molecule has 4 aromatic carbocycles. The summed E-state index contributed by atoms with van der Waals surface area (Å²) in [5.74, 6) is 1.11. The number of carbonyl (C=O) groups is 2. The predicted molar refractivity (Wildman–Crippen MR) is 136 cm³/mol. The number of rotatable bonds is 8. The molecule has 0 aliphatic heterocycles. The molecule has 0 fully saturated rings. The summed E-state index contributed by atoms with van der Waals surface area (Å²) in [4.78, 5) is 26.8. The minimum absolute atomic E-state index is 0.0639. The molecule has 6 heteroatoms. The van der Waals surface area contributed by atoms with Crippen molar-refractivity contribution in [3.63, 3.8) is 0 Å². The summed E-state index contributed by atoms with van der Waals surface area (Å²) in [6.45, 7) is 0.0639. The van der Waals surface area contributed by atoms with Crippen LogP contribution >= 0.6 is 0 Å². The molecule has 170 valence electrons. The second kappa shape index (κ2) is 10.8. The Morgan fingerprint density at radius 2 is 1.38 bits per heavy atom. The van der Waals surface area contributed by atoms with E-state index in [2.05, 4.69) is 10.6 Å². The summed E-state index contributed by atoms with van der Waals surface area (Å²) in [6.07, 6.45) is 0. The lowest BCUT2D eigenvalue weighted by Crippen LogP contribution is -2.26. The van der Waals surface area contributed by atoms with Gasteiger partial charge in [-0.15, -0.1) is 0 Å². The van der Waals surface area contributed by atoms with Crippen LogP contribution in [-0.2, 0) is 4.79 Å². The van der Waals surface area contributed by atoms with E-state index in [4.69, 9.17) is 4.74 Å². The van der Waals surface area contributed by atoms with Gasteiger partial charge in [0.2, 0.25) is 5.91 Å². The summed E-state index contributed by atoms with van der Waals surface area (Å²) >= 11 is 0. The second-order valence-electron chi connectivity index (χ2n) is 7.62. The summed E-state index contributed by atoms with van der Waals surface area (Å²) in [5, 5.41) is 5.92. The molecule has 0 unspecified atom stereocenters. The van der Waals surface area contributed by atoms with Crippen LogP contribution in [0.3, 0.4) is 0 Å². The predicted octanol–water partition coefficient (Wildman–Crippen LogP) is 5.81. The highest BCUT2D eigenvalue weighted by atomic mass is 16.5. The number of carbonyl (C=O) groups excluding carboxylic acids is 2. The highest BCUT2D eigenvalue weighted by Crippen LogP contribution is 2.23. The van der Waals surface area contributed by atoms with Gasteiger partial charge in [0.1, 0.15) is 11.5 Å². The lowest BCUT2D eigenvalue weighted by molar-refractivity contribution is -0.114. The minimum Gasteiger partial charge on any atom is -0.457 e. The number of hydrogen-bond donors (Lipinski definition) is 2. The van der Waals surface area contributed by atoms with Crippen molar-refractivity contribution in [2.24, 2.45) is 0 Å². The van der Waals surface area contributed by atoms with Crippen LogP contribution in [0.25, 0.3) is 0 Å². The normalized spacial score (nSPS) is 10.3. The SMILES string of the molecule is CN(C(=O)c1cccc(NCC(=O)Nc2ccc(Oc3ccccc3)cc2)c1)c1ccccc1. The maximum absolute atomic E-state index is 12.8. The van der Waals surface area contributed by atoms with E-state index < -0.39 is 0 Å². The molecule has 0 spiro atoms. The molecule has 34 heavy (non-hydrogen) atoms. The van der Waals surface area contributed by atoms with Crippen LogP contribution in [0.5, 0.6) is 11.5 Å². The number of nitrogens with zero attached hydrogens (tertiary/aromatic N) is 1. The summed E-state index contributed by atoms with van der Waals surface area (Å²) in [5.41, 5.74) is 2.70. The first-order valence-corrected chi connectivity index (χ1v) is 10.9. The van der Waals surface area contributed by atoms with Gasteiger partial charge >= 0.3 is 0 Å². The summed E-state index contributed by atoms with van der Waals surface area (Å²) in [6, 6.07) is 33.2. The molecule has 0 saturated heterocycles. The first-order valence-electron chi connectivity index (χ1n) is 10.9. The molecule has 0 radical (unpaired) electrons. The van der Waals surface area contributed by atoms with Crippen molar-refractivity contribution >= 4 is 28.9 Å². The summed E-state index contributed by atoms with van der Waals surface area (Å²) in [7, 11) is 1.74. The maximum Gasteiger partial charge on any atom is 0.258 e. The van der Waals surface area contributed by atoms with Crippen LogP contribution in [-0.4, -0.2) is 25.4 Å². The van der Waals surface area contributed by atoms with E-state index in [0.717, 1.165) is 11.4 Å². The van der Waals surface area contributed by atoms with Crippen molar-refractivity contribution in [1.82, 2.24) is 0 Å². The number of hydrogen-bond acceptors (Lipinski definition) is 4. The average Bonchev–Trinajstić information content (AvgIpc) is 2.89. The fourth-order valence-electron chi connectivity index (χ4n) is 3.34. The molecule has 0 atom stereocenters. The van der Waals surface area contributed by atoms with Gasteiger partial charge in [-0.2, -0.15) is 0 Å². The lowest BCUT2D eigenvalue weighted by Gasteiger charge is -2.18. The van der Waals surface area contributed by atoms with E-state index in [9.17, 15) is 9.59 Å². The fraction of sp³-hybridized carbons (Fsp3) is 0.0714. The largest absolute Gasteiger partial charge is 0.457 e. The van der Waals surface area contributed by atoms with Gasteiger partial charge in [-0.25, -0.2) is 0 Å². The molecule has 0 aromatic heterocycles. The van der Waals surface area contributed by atoms with Crippen LogP contribution in [0, 0.1) is 0 Å². The molecule has 0 bridgehead atoms. The maximum atomic E-state index is 12.8. The van der Waals surface area contributed by atoms with Crippen molar-refractivity contribution in [3.8, 4) is 11.5 Å². The van der Waals surface area contributed by atoms with E-state index in [1.54, 1.807) is 54.4 Å². The lowest BCUT2D eigenvalue weighted by atomic mass is 10.1. The molecule has 0 aliphatic carbocycles. The van der Waals surface area contributed by atoms with Crippen molar-refractivity contribution in [1.29, 1.82) is 0 Å². The highest BCUT2D eigenvalue weighted by Gasteiger charge is 2.14. The van der Waals surface area contributed by atoms with E-state index >= 15 is 0 Å². The topological polar surface area (TPSA) is 70.7 Å². The van der Waals surface area contributed by atoms with Gasteiger partial charge in [-0.1, -0.05) is 42.5 Å². The minimum atomic E-state index is -0.199. The number of amides is 2. The number of nitrogens with one attached hydrogen (secondary N) is 2. The van der Waals surface area contributed by atoms with Crippen LogP contribution in [0.4, 0.5) is 17.1 Å². The zero-order valence-corrected chi connectivity index (χ0v) is 18.8. The standard InChI is InChI=1S/C28H25N3O3/c1-31(24-11-4-2-5-12-24)28(33)21-9-8-10-23(19-21)29-20-27(32)30-22-15-17-26(18-16-22)34-25-13-6-3-7-14-25/h2-19,29H,20H2,1H3,(H,30,32). The van der Waals surface area contributed by atoms with Gasteiger partial charge in [0.05, 0.1) is 6.54 Å². The monoisotopic (exact) mass is 451 g/mol. The molecule has 4 aromatic rings. The Labute approximate surface area is 198 Å². The Hall–Kier alpha value is -4.58. The van der Waals surface area contributed by atoms with E-state index in [1.165, 1.54) is 0 Å². The first kappa shape index (κ1) is 22.6. The van der Waals surface area contributed by atoms with E-state index in [-0.39, 0.29) is 18.4 Å². The van der Waals surface area contributed by atoms with Crippen molar-refractivity contribution < 1.29 is 14.3 Å². The van der Waals surface area contributed by atoms with Crippen LogP contribution < -0.4 is 20.3 Å². The van der Waals surface area contributed by atoms with Gasteiger partial charge < -0.3 is 20.3 Å². The summed E-state index contributed by atoms with van der Waals surface area (Å²) < 4.78 is 5.76. The Morgan fingerprint density at radius 3 is 2.09 bits per heavy atom. The van der Waals surface area contributed by atoms with Crippen LogP contribution in [0.1, 0.15) is 10.4 Å². The molecule has 0 aliphatic rings. The van der Waals surface area contributed by atoms with Gasteiger partial charge in [0.25, 0.3) is 5.91 Å².